The molecule has 0 aromatic carbocycles. The van der Waals surface area contributed by atoms with Crippen LogP contribution >= 0.6 is 0 Å². The summed E-state index contributed by atoms with van der Waals surface area (Å²) in [7, 11) is 0. The highest BCUT2D eigenvalue weighted by Crippen LogP contribution is 1.97. The predicted octanol–water partition coefficient (Wildman–Crippen LogP) is 0.592. The molecule has 1 aromatic heterocycles. The predicted molar refractivity (Wildman–Crippen MR) is 58.0 cm³/mol. The average molecular weight is 206 g/mol. The van der Waals surface area contributed by atoms with Crippen LogP contribution < -0.4 is 5.32 Å². The molecule has 0 aliphatic carbocycles. The fourth-order valence-corrected chi connectivity index (χ4v) is 0.983. The van der Waals surface area contributed by atoms with Crippen LogP contribution in [0.1, 0.15) is 12.5 Å². The molecular formula is C11H14N2O2. The molecule has 1 aromatic rings. The van der Waals surface area contributed by atoms with Gasteiger partial charge in [-0.25, -0.2) is 0 Å². The maximum absolute atomic E-state index is 11.3. The van der Waals surface area contributed by atoms with Crippen molar-refractivity contribution in [3.8, 4) is 0 Å². The van der Waals surface area contributed by atoms with Crippen molar-refractivity contribution < 1.29 is 9.90 Å². The smallest absolute Gasteiger partial charge is 0.244 e. The standard InChI is InChI=1S/C11H14N2O2/c1-9(8-14)13-11(15)5-4-10-3-2-6-12-7-10/h2-7,9,14H,8H2,1H3,(H,13,15)/b5-4+. The van der Waals surface area contributed by atoms with Gasteiger partial charge in [-0.15, -0.1) is 0 Å². The zero-order valence-corrected chi connectivity index (χ0v) is 8.55. The number of nitrogens with zero attached hydrogens (tertiary/aromatic N) is 1. The van der Waals surface area contributed by atoms with Crippen molar-refractivity contribution in [1.29, 1.82) is 0 Å². The molecule has 0 fully saturated rings. The highest BCUT2D eigenvalue weighted by Gasteiger charge is 2.01. The molecule has 0 aliphatic rings. The largest absolute Gasteiger partial charge is 0.394 e. The minimum Gasteiger partial charge on any atom is -0.394 e. The Morgan fingerprint density at radius 3 is 3.13 bits per heavy atom. The van der Waals surface area contributed by atoms with Gasteiger partial charge in [0.2, 0.25) is 5.91 Å². The Morgan fingerprint density at radius 1 is 1.73 bits per heavy atom. The highest BCUT2D eigenvalue weighted by molar-refractivity contribution is 5.91. The van der Waals surface area contributed by atoms with E-state index in [0.717, 1.165) is 5.56 Å². The molecule has 1 rings (SSSR count). The molecular weight excluding hydrogens is 192 g/mol. The first kappa shape index (κ1) is 11.4. The van der Waals surface area contributed by atoms with Gasteiger partial charge in [-0.1, -0.05) is 6.07 Å². The van der Waals surface area contributed by atoms with Gasteiger partial charge in [0.05, 0.1) is 6.61 Å². The number of aliphatic hydroxyl groups excluding tert-OH is 1. The van der Waals surface area contributed by atoms with E-state index < -0.39 is 0 Å². The Hall–Kier alpha value is -1.68. The zero-order valence-electron chi connectivity index (χ0n) is 8.55. The average Bonchev–Trinajstić information content (AvgIpc) is 2.27. The van der Waals surface area contributed by atoms with E-state index in [9.17, 15) is 4.79 Å². The molecule has 0 radical (unpaired) electrons. The number of carbonyl (C=O) groups excluding carboxylic acids is 1. The minimum atomic E-state index is -0.226. The molecule has 2 N–H and O–H groups in total. The lowest BCUT2D eigenvalue weighted by molar-refractivity contribution is -0.117. The summed E-state index contributed by atoms with van der Waals surface area (Å²) in [5, 5.41) is 11.3. The van der Waals surface area contributed by atoms with Crippen LogP contribution in [-0.4, -0.2) is 28.6 Å². The van der Waals surface area contributed by atoms with Crippen molar-refractivity contribution in [1.82, 2.24) is 10.3 Å². The highest BCUT2D eigenvalue weighted by atomic mass is 16.3. The number of pyridine rings is 1. The van der Waals surface area contributed by atoms with Crippen LogP contribution in [-0.2, 0) is 4.79 Å². The molecule has 1 amide bonds. The Balaban J connectivity index is 2.48. The lowest BCUT2D eigenvalue weighted by atomic mass is 10.2. The van der Waals surface area contributed by atoms with E-state index in [1.807, 2.05) is 6.07 Å². The van der Waals surface area contributed by atoms with E-state index >= 15 is 0 Å². The second kappa shape index (κ2) is 5.93. The number of aromatic nitrogens is 1. The topological polar surface area (TPSA) is 62.2 Å². The molecule has 0 saturated heterocycles. The summed E-state index contributed by atoms with van der Waals surface area (Å²) < 4.78 is 0. The summed E-state index contributed by atoms with van der Waals surface area (Å²) in [6.45, 7) is 1.67. The maximum Gasteiger partial charge on any atom is 0.244 e. The van der Waals surface area contributed by atoms with Crippen LogP contribution in [0.3, 0.4) is 0 Å². The molecule has 1 unspecified atom stereocenters. The number of hydrogen-bond acceptors (Lipinski definition) is 3. The van der Waals surface area contributed by atoms with Gasteiger partial charge in [0.1, 0.15) is 0 Å². The second-order valence-corrected chi connectivity index (χ2v) is 3.21. The summed E-state index contributed by atoms with van der Waals surface area (Å²) >= 11 is 0. The van der Waals surface area contributed by atoms with Crippen LogP contribution in [0.4, 0.5) is 0 Å². The maximum atomic E-state index is 11.3. The van der Waals surface area contributed by atoms with E-state index in [1.54, 1.807) is 31.5 Å². The van der Waals surface area contributed by atoms with Crippen molar-refractivity contribution in [3.63, 3.8) is 0 Å². The molecule has 0 bridgehead atoms. The lowest BCUT2D eigenvalue weighted by Crippen LogP contribution is -2.33. The fraction of sp³-hybridized carbons (Fsp3) is 0.273. The third-order valence-electron chi connectivity index (χ3n) is 1.77. The van der Waals surface area contributed by atoms with Crippen molar-refractivity contribution >= 4 is 12.0 Å². The molecule has 80 valence electrons. The van der Waals surface area contributed by atoms with E-state index in [4.69, 9.17) is 5.11 Å². The minimum absolute atomic E-state index is 0.0630. The van der Waals surface area contributed by atoms with Crippen LogP contribution in [0.25, 0.3) is 6.08 Å². The molecule has 4 nitrogen and oxygen atoms in total. The summed E-state index contributed by atoms with van der Waals surface area (Å²) in [6, 6.07) is 3.43. The first-order valence-electron chi connectivity index (χ1n) is 4.72. The van der Waals surface area contributed by atoms with Crippen LogP contribution in [0.15, 0.2) is 30.6 Å². The SMILES string of the molecule is CC(CO)NC(=O)/C=C/c1cccnc1. The Bertz CT molecular complexity index is 336. The van der Waals surface area contributed by atoms with E-state index in [2.05, 4.69) is 10.3 Å². The number of aliphatic hydroxyl groups is 1. The lowest BCUT2D eigenvalue weighted by Gasteiger charge is -2.07. The van der Waals surface area contributed by atoms with Gasteiger partial charge in [0.25, 0.3) is 0 Å². The Kier molecular flexibility index (Phi) is 4.50. The van der Waals surface area contributed by atoms with E-state index in [-0.39, 0.29) is 18.6 Å². The van der Waals surface area contributed by atoms with Gasteiger partial charge >= 0.3 is 0 Å². The van der Waals surface area contributed by atoms with Crippen molar-refractivity contribution in [2.45, 2.75) is 13.0 Å². The van der Waals surface area contributed by atoms with Gasteiger partial charge in [-0.05, 0) is 24.6 Å². The number of nitrogens with one attached hydrogen (secondary N) is 1. The molecule has 0 aliphatic heterocycles. The third-order valence-corrected chi connectivity index (χ3v) is 1.77. The Labute approximate surface area is 88.7 Å². The van der Waals surface area contributed by atoms with Gasteiger partial charge in [0, 0.05) is 24.5 Å². The first-order chi connectivity index (χ1) is 7.22. The summed E-state index contributed by atoms with van der Waals surface area (Å²) in [4.78, 5) is 15.2. The van der Waals surface area contributed by atoms with Crippen molar-refractivity contribution in [3.05, 3.63) is 36.2 Å². The van der Waals surface area contributed by atoms with Crippen molar-refractivity contribution in [2.75, 3.05) is 6.61 Å². The number of hydrogen-bond donors (Lipinski definition) is 2. The van der Waals surface area contributed by atoms with Gasteiger partial charge in [-0.3, -0.25) is 9.78 Å². The normalized spacial score (nSPS) is 12.7. The zero-order chi connectivity index (χ0) is 11.1. The quantitative estimate of drug-likeness (QED) is 0.709. The fourth-order valence-electron chi connectivity index (χ4n) is 0.983. The molecule has 15 heavy (non-hydrogen) atoms. The Morgan fingerprint density at radius 2 is 2.53 bits per heavy atom. The summed E-state index contributed by atoms with van der Waals surface area (Å²) in [6.07, 6.45) is 6.43. The molecule has 4 heteroatoms. The van der Waals surface area contributed by atoms with Gasteiger partial charge < -0.3 is 10.4 Å². The molecule has 0 saturated carbocycles. The number of rotatable bonds is 4. The molecule has 1 heterocycles. The first-order valence-corrected chi connectivity index (χ1v) is 4.72. The van der Waals surface area contributed by atoms with Crippen LogP contribution in [0.5, 0.6) is 0 Å². The third kappa shape index (κ3) is 4.37. The van der Waals surface area contributed by atoms with Crippen LogP contribution in [0, 0.1) is 0 Å². The van der Waals surface area contributed by atoms with Crippen molar-refractivity contribution in [2.24, 2.45) is 0 Å². The van der Waals surface area contributed by atoms with Gasteiger partial charge in [0.15, 0.2) is 0 Å². The number of amides is 1. The molecule has 0 spiro atoms. The number of carbonyl (C=O) groups is 1. The van der Waals surface area contributed by atoms with E-state index in [1.165, 1.54) is 6.08 Å². The summed E-state index contributed by atoms with van der Waals surface area (Å²) in [5.74, 6) is -0.222. The monoisotopic (exact) mass is 206 g/mol. The molecule has 1 atom stereocenters. The van der Waals surface area contributed by atoms with Gasteiger partial charge in [-0.2, -0.15) is 0 Å². The van der Waals surface area contributed by atoms with Crippen LogP contribution in [0.2, 0.25) is 0 Å². The summed E-state index contributed by atoms with van der Waals surface area (Å²) in [5.41, 5.74) is 0.865. The van der Waals surface area contributed by atoms with E-state index in [0.29, 0.717) is 0 Å². The second-order valence-electron chi connectivity index (χ2n) is 3.21.